The van der Waals surface area contributed by atoms with Gasteiger partial charge in [0.25, 0.3) is 0 Å². The molecule has 8 aromatic rings. The first-order chi connectivity index (χ1) is 36.5. The van der Waals surface area contributed by atoms with Crippen molar-refractivity contribution in [1.29, 1.82) is 0 Å². The average molecular weight is 1020 g/mol. The van der Waals surface area contributed by atoms with Gasteiger partial charge in [-0.15, -0.1) is 0 Å². The minimum absolute atomic E-state index is 0.0336. The minimum Gasteiger partial charge on any atom is -0.508 e. The molecule has 0 unspecified atom stereocenters. The summed E-state index contributed by atoms with van der Waals surface area (Å²) in [7, 11) is 3.45. The molecule has 392 valence electrons. The number of fused-ring (bicyclic) bond motifs is 2. The molecule has 14 heteroatoms. The minimum atomic E-state index is -0.430. The van der Waals surface area contributed by atoms with E-state index in [0.717, 1.165) is 50.4 Å². The molecule has 0 aromatic heterocycles. The van der Waals surface area contributed by atoms with Gasteiger partial charge < -0.3 is 41.8 Å². The summed E-state index contributed by atoms with van der Waals surface area (Å²) in [6.07, 6.45) is 0.289. The largest absolute Gasteiger partial charge is 0.508 e. The molecule has 76 heavy (non-hydrogen) atoms. The van der Waals surface area contributed by atoms with Crippen LogP contribution in [0, 0.1) is 27.7 Å². The van der Waals surface area contributed by atoms with Crippen molar-refractivity contribution in [3.8, 4) is 23.0 Å². The van der Waals surface area contributed by atoms with E-state index >= 15 is 0 Å². The van der Waals surface area contributed by atoms with Gasteiger partial charge in [-0.3, -0.25) is 19.4 Å². The number of nitrogens with two attached hydrogens (primary N) is 2. The topological polar surface area (TPSA) is 210 Å². The van der Waals surface area contributed by atoms with Crippen molar-refractivity contribution in [3.05, 3.63) is 239 Å². The number of carbonyl (C=O) groups is 4. The number of rotatable bonds is 6. The van der Waals surface area contributed by atoms with Crippen LogP contribution in [0.2, 0.25) is 0 Å². The Morgan fingerprint density at radius 2 is 1.18 bits per heavy atom. The molecule has 14 nitrogen and oxygen atoms in total. The Hall–Kier alpha value is -9.40. The number of para-hydroxylation sites is 6. The number of aryl methyl sites for hydroxylation is 4. The van der Waals surface area contributed by atoms with Crippen molar-refractivity contribution >= 4 is 46.8 Å². The lowest BCUT2D eigenvalue weighted by molar-refractivity contribution is -0.133. The van der Waals surface area contributed by atoms with E-state index in [1.54, 1.807) is 61.5 Å². The molecule has 8 N–H and O–H groups in total. The number of benzene rings is 8. The highest BCUT2D eigenvalue weighted by atomic mass is 16.6. The number of nitrogens with one attached hydrogen (secondary N) is 2. The van der Waals surface area contributed by atoms with Crippen LogP contribution in [0.4, 0.5) is 32.3 Å². The van der Waals surface area contributed by atoms with E-state index < -0.39 is 6.09 Å². The monoisotopic (exact) mass is 1020 g/mol. The van der Waals surface area contributed by atoms with Gasteiger partial charge in [0.2, 0.25) is 5.91 Å². The molecule has 2 heterocycles. The Labute approximate surface area is 445 Å². The molecule has 2 aliphatic heterocycles. The molecular formula is C62H66N6O8. The molecule has 0 atom stereocenters. The van der Waals surface area contributed by atoms with Gasteiger partial charge in [-0.05, 0) is 122 Å². The summed E-state index contributed by atoms with van der Waals surface area (Å²) in [6.45, 7) is 8.75. The van der Waals surface area contributed by atoms with Gasteiger partial charge >= 0.3 is 18.1 Å². The number of nitrogen functional groups attached to an aromatic ring is 1. The third kappa shape index (κ3) is 18.3. The molecule has 0 fully saturated rings. The number of amides is 4. The lowest BCUT2D eigenvalue weighted by Gasteiger charge is -2.26. The first-order valence-corrected chi connectivity index (χ1v) is 24.4. The molecule has 0 aliphatic carbocycles. The highest BCUT2D eigenvalue weighted by molar-refractivity contribution is 5.99. The number of phenols is 2. The van der Waals surface area contributed by atoms with Gasteiger partial charge in [0.05, 0.1) is 24.2 Å². The van der Waals surface area contributed by atoms with Crippen molar-refractivity contribution in [2.75, 3.05) is 34.9 Å². The quantitative estimate of drug-likeness (QED) is 0.0527. The van der Waals surface area contributed by atoms with Crippen LogP contribution in [0.15, 0.2) is 194 Å². The molecule has 0 spiro atoms. The Kier molecular flexibility index (Phi) is 22.2. The molecule has 8 aromatic carbocycles. The molecule has 2 aliphatic rings. The number of urea groups is 1. The highest BCUT2D eigenvalue weighted by Crippen LogP contribution is 2.25. The molecule has 10 rings (SSSR count). The van der Waals surface area contributed by atoms with Crippen LogP contribution >= 0.6 is 0 Å². The smallest absolute Gasteiger partial charge is 0.419 e. The van der Waals surface area contributed by atoms with Crippen LogP contribution in [0.3, 0.4) is 0 Å². The van der Waals surface area contributed by atoms with E-state index in [1.807, 2.05) is 179 Å². The number of nitrogens with zero attached hydrogens (tertiary/aromatic N) is 2. The third-order valence-corrected chi connectivity index (χ3v) is 11.7. The van der Waals surface area contributed by atoms with E-state index in [1.165, 1.54) is 16.0 Å². The molecule has 0 bridgehead atoms. The second-order valence-electron chi connectivity index (χ2n) is 17.5. The third-order valence-electron chi connectivity index (χ3n) is 11.7. The van der Waals surface area contributed by atoms with Gasteiger partial charge in [0.1, 0.15) is 23.0 Å². The Bertz CT molecular complexity index is 3090. The fourth-order valence-electron chi connectivity index (χ4n) is 7.23. The van der Waals surface area contributed by atoms with Gasteiger partial charge in [0.15, 0.2) is 0 Å². The Morgan fingerprint density at radius 1 is 0.632 bits per heavy atom. The lowest BCUT2D eigenvalue weighted by Crippen LogP contribution is -2.41. The summed E-state index contributed by atoms with van der Waals surface area (Å²) in [4.78, 5) is 49.0. The zero-order valence-electron chi connectivity index (χ0n) is 43.7. The second kappa shape index (κ2) is 29.3. The van der Waals surface area contributed by atoms with Crippen LogP contribution in [-0.4, -0.2) is 48.3 Å². The summed E-state index contributed by atoms with van der Waals surface area (Å²) in [6, 6.07) is 59.5. The Morgan fingerprint density at radius 3 is 1.79 bits per heavy atom. The molecule has 0 saturated carbocycles. The number of aromatic hydroxyl groups is 2. The summed E-state index contributed by atoms with van der Waals surface area (Å²) < 4.78 is 10.6. The van der Waals surface area contributed by atoms with E-state index in [0.29, 0.717) is 48.2 Å². The molecule has 0 radical (unpaired) electrons. The Balaban J connectivity index is 0.000000174. The maximum atomic E-state index is 12.2. The maximum Gasteiger partial charge on any atom is 0.419 e. The van der Waals surface area contributed by atoms with Gasteiger partial charge in [-0.25, -0.2) is 9.59 Å². The van der Waals surface area contributed by atoms with Crippen LogP contribution < -0.4 is 41.4 Å². The van der Waals surface area contributed by atoms with E-state index in [9.17, 15) is 19.2 Å². The standard InChI is InChI=1S/C16H18N2O2.C15H15NO2.C9H10N2O.C8H7NO.2C7H8O/c1-12-7-3-6-10-15(12)20-16(19)18(2)14-9-5-4-8-13(14)11-17;1-11-6-8-13(9-7-11)18-15(17)10-12-4-2-3-5-14(12)16;1-11-8-5-3-2-4-7(8)6-10-9(11)12;10-8-5-6-3-1-2-4-7(6)9-8;1-6-2-4-7(8)5-3-6;1-6-4-2-3-5-7(6)8/h3-10H,11,17H2,1-2H3;2-9H,10,16H2,1H3;2-5H,6H2,1H3,(H,10,12);1-4H,5H2,(H,9,10);2*2-5,8H,1H3. The van der Waals surface area contributed by atoms with Gasteiger partial charge in [0, 0.05) is 38.6 Å². The van der Waals surface area contributed by atoms with Crippen molar-refractivity contribution in [3.63, 3.8) is 0 Å². The molecular weight excluding hydrogens is 957 g/mol. The van der Waals surface area contributed by atoms with Crippen molar-refractivity contribution < 1.29 is 38.9 Å². The van der Waals surface area contributed by atoms with Crippen LogP contribution in [0.25, 0.3) is 0 Å². The zero-order chi connectivity index (χ0) is 55.0. The number of hydrogen-bond donors (Lipinski definition) is 6. The van der Waals surface area contributed by atoms with E-state index in [-0.39, 0.29) is 24.3 Å². The normalized spacial score (nSPS) is 11.3. The van der Waals surface area contributed by atoms with Crippen LogP contribution in [-0.2, 0) is 35.5 Å². The lowest BCUT2D eigenvalue weighted by atomic mass is 10.1. The molecule has 4 amide bonds. The highest BCUT2D eigenvalue weighted by Gasteiger charge is 2.19. The average Bonchev–Trinajstić information content (AvgIpc) is 3.82. The molecule has 0 saturated heterocycles. The summed E-state index contributed by atoms with van der Waals surface area (Å²) in [5.74, 6) is 1.61. The van der Waals surface area contributed by atoms with E-state index in [4.69, 9.17) is 31.2 Å². The van der Waals surface area contributed by atoms with Gasteiger partial charge in [-0.2, -0.15) is 0 Å². The zero-order valence-corrected chi connectivity index (χ0v) is 43.7. The predicted molar refractivity (Wildman–Crippen MR) is 303 cm³/mol. The predicted octanol–water partition coefficient (Wildman–Crippen LogP) is 11.7. The van der Waals surface area contributed by atoms with Crippen molar-refractivity contribution in [2.45, 2.75) is 53.6 Å². The van der Waals surface area contributed by atoms with E-state index in [2.05, 4.69) is 10.6 Å². The summed E-state index contributed by atoms with van der Waals surface area (Å²) >= 11 is 0. The fourth-order valence-corrected chi connectivity index (χ4v) is 7.23. The van der Waals surface area contributed by atoms with Crippen molar-refractivity contribution in [1.82, 2.24) is 5.32 Å². The number of esters is 1. The first-order valence-electron chi connectivity index (χ1n) is 24.4. The second-order valence-corrected chi connectivity index (χ2v) is 17.5. The summed E-state index contributed by atoms with van der Waals surface area (Å²) in [5.41, 5.74) is 22.9. The number of anilines is 4. The number of hydrogen-bond acceptors (Lipinski definition) is 10. The number of phenolic OH excluding ortho intramolecular Hbond substituents is 2. The van der Waals surface area contributed by atoms with Gasteiger partial charge in [-0.1, -0.05) is 145 Å². The van der Waals surface area contributed by atoms with Crippen LogP contribution in [0.5, 0.6) is 23.0 Å². The first kappa shape index (κ1) is 57.5. The summed E-state index contributed by atoms with van der Waals surface area (Å²) in [5, 5.41) is 23.2. The maximum absolute atomic E-state index is 12.2. The van der Waals surface area contributed by atoms with Crippen molar-refractivity contribution in [2.24, 2.45) is 5.73 Å². The number of ether oxygens (including phenoxy) is 2. The van der Waals surface area contributed by atoms with Crippen LogP contribution in [0.1, 0.15) is 44.5 Å². The number of carbonyl (C=O) groups excluding carboxylic acids is 4. The fraction of sp³-hybridized carbons (Fsp3) is 0.161. The SMILES string of the molecule is CN1C(=O)NCc2ccccc21.Cc1ccc(O)cc1.Cc1ccc(OC(=O)Cc2ccccc2N)cc1.Cc1ccccc1O.Cc1ccccc1OC(=O)N(C)c1ccccc1CN.O=C1Cc2ccccc2N1.